The second kappa shape index (κ2) is 6.89. The first-order valence-electron chi connectivity index (χ1n) is 5.02. The predicted octanol–water partition coefficient (Wildman–Crippen LogP) is 3.25. The van der Waals surface area contributed by atoms with E-state index in [0.717, 1.165) is 5.56 Å². The number of nitrogens with one attached hydrogen (secondary N) is 1. The van der Waals surface area contributed by atoms with E-state index in [-0.39, 0.29) is 5.75 Å². The maximum Gasteiger partial charge on any atom is 0.405 e. The zero-order valence-electron chi connectivity index (χ0n) is 9.26. The molecule has 0 spiro atoms. The zero-order chi connectivity index (χ0) is 13.6. The van der Waals surface area contributed by atoms with Crippen molar-refractivity contribution in [3.8, 4) is 0 Å². The molecule has 1 N–H and O–H groups in total. The number of carbonyl (C=O) groups excluding carboxylic acids is 1. The van der Waals surface area contributed by atoms with Crippen LogP contribution in [0.15, 0.2) is 24.3 Å². The van der Waals surface area contributed by atoms with Crippen LogP contribution >= 0.6 is 23.4 Å². The molecule has 7 heteroatoms. The van der Waals surface area contributed by atoms with Crippen molar-refractivity contribution in [1.29, 1.82) is 0 Å². The molecular weight excluding hydrogens is 287 g/mol. The normalized spacial score (nSPS) is 11.3. The average Bonchev–Trinajstić information content (AvgIpc) is 2.25. The molecule has 0 atom stereocenters. The van der Waals surface area contributed by atoms with E-state index in [1.807, 2.05) is 11.4 Å². The molecule has 0 aliphatic heterocycles. The fourth-order valence-electron chi connectivity index (χ4n) is 1.14. The van der Waals surface area contributed by atoms with Crippen LogP contribution in [-0.4, -0.2) is 24.4 Å². The van der Waals surface area contributed by atoms with E-state index in [0.29, 0.717) is 10.8 Å². The summed E-state index contributed by atoms with van der Waals surface area (Å²) < 4.78 is 35.4. The molecule has 0 aliphatic carbocycles. The van der Waals surface area contributed by atoms with Crippen molar-refractivity contribution in [2.24, 2.45) is 0 Å². The smallest absolute Gasteiger partial charge is 0.346 e. The summed E-state index contributed by atoms with van der Waals surface area (Å²) in [7, 11) is 0. The molecule has 18 heavy (non-hydrogen) atoms. The van der Waals surface area contributed by atoms with Crippen LogP contribution in [0.4, 0.5) is 13.2 Å². The van der Waals surface area contributed by atoms with Crippen molar-refractivity contribution in [2.75, 3.05) is 12.3 Å². The fourth-order valence-corrected chi connectivity index (χ4v) is 2.16. The summed E-state index contributed by atoms with van der Waals surface area (Å²) in [4.78, 5) is 11.1. The molecule has 1 aromatic rings. The van der Waals surface area contributed by atoms with Gasteiger partial charge in [0.25, 0.3) is 0 Å². The number of carbonyl (C=O) groups is 1. The van der Waals surface area contributed by atoms with Crippen molar-refractivity contribution in [2.45, 2.75) is 11.9 Å². The van der Waals surface area contributed by atoms with Gasteiger partial charge in [-0.2, -0.15) is 13.2 Å². The molecule has 0 aliphatic rings. The first-order valence-corrected chi connectivity index (χ1v) is 6.56. The number of benzene rings is 1. The van der Waals surface area contributed by atoms with Gasteiger partial charge in [0.05, 0.1) is 5.75 Å². The lowest BCUT2D eigenvalue weighted by molar-refractivity contribution is -0.136. The van der Waals surface area contributed by atoms with Gasteiger partial charge < -0.3 is 5.32 Å². The van der Waals surface area contributed by atoms with E-state index < -0.39 is 18.6 Å². The van der Waals surface area contributed by atoms with Crippen molar-refractivity contribution >= 4 is 29.3 Å². The number of hydrogen-bond donors (Lipinski definition) is 1. The van der Waals surface area contributed by atoms with Crippen molar-refractivity contribution in [1.82, 2.24) is 5.32 Å². The Balaban J connectivity index is 2.23. The van der Waals surface area contributed by atoms with E-state index in [9.17, 15) is 18.0 Å². The third-order valence-electron chi connectivity index (χ3n) is 1.88. The molecule has 0 saturated carbocycles. The molecule has 0 bridgehead atoms. The minimum absolute atomic E-state index is 0.0113. The molecule has 0 unspecified atom stereocenters. The van der Waals surface area contributed by atoms with Crippen molar-refractivity contribution < 1.29 is 18.0 Å². The second-order valence-electron chi connectivity index (χ2n) is 3.51. The number of hydrogen-bond acceptors (Lipinski definition) is 2. The Hall–Kier alpha value is -0.880. The van der Waals surface area contributed by atoms with Crippen molar-refractivity contribution in [3.63, 3.8) is 0 Å². The lowest BCUT2D eigenvalue weighted by Gasteiger charge is -2.08. The van der Waals surface area contributed by atoms with Crippen LogP contribution in [0.1, 0.15) is 5.56 Å². The summed E-state index contributed by atoms with van der Waals surface area (Å²) in [5, 5.41) is 2.40. The van der Waals surface area contributed by atoms with Gasteiger partial charge in [-0.15, -0.1) is 11.8 Å². The zero-order valence-corrected chi connectivity index (χ0v) is 10.8. The van der Waals surface area contributed by atoms with Gasteiger partial charge in [0.15, 0.2) is 0 Å². The van der Waals surface area contributed by atoms with Gasteiger partial charge in [-0.05, 0) is 17.7 Å². The Labute approximate surface area is 112 Å². The van der Waals surface area contributed by atoms with Gasteiger partial charge in [0, 0.05) is 10.8 Å². The SMILES string of the molecule is O=C(CSCc1cccc(Cl)c1)NCC(F)(F)F. The molecule has 0 saturated heterocycles. The van der Waals surface area contributed by atoms with Gasteiger partial charge in [0.1, 0.15) is 6.54 Å². The third-order valence-corrected chi connectivity index (χ3v) is 3.12. The summed E-state index contributed by atoms with van der Waals surface area (Å²) in [6.45, 7) is -1.29. The number of halogens is 4. The van der Waals surface area contributed by atoms with Gasteiger partial charge in [0.2, 0.25) is 5.91 Å². The average molecular weight is 298 g/mol. The highest BCUT2D eigenvalue weighted by atomic mass is 35.5. The second-order valence-corrected chi connectivity index (χ2v) is 4.94. The highest BCUT2D eigenvalue weighted by molar-refractivity contribution is 7.99. The largest absolute Gasteiger partial charge is 0.405 e. The summed E-state index contributed by atoms with van der Waals surface area (Å²) in [6.07, 6.45) is -4.37. The Bertz CT molecular complexity index is 412. The van der Waals surface area contributed by atoms with Crippen LogP contribution in [0.2, 0.25) is 5.02 Å². The maximum atomic E-state index is 11.8. The van der Waals surface area contributed by atoms with E-state index in [4.69, 9.17) is 11.6 Å². The van der Waals surface area contributed by atoms with Crippen LogP contribution in [0.25, 0.3) is 0 Å². The summed E-state index contributed by atoms with van der Waals surface area (Å²) in [5.74, 6) is -0.109. The van der Waals surface area contributed by atoms with Crippen LogP contribution in [0.3, 0.4) is 0 Å². The molecule has 0 radical (unpaired) electrons. The van der Waals surface area contributed by atoms with Gasteiger partial charge in [-0.3, -0.25) is 4.79 Å². The van der Waals surface area contributed by atoms with E-state index >= 15 is 0 Å². The van der Waals surface area contributed by atoms with Crippen LogP contribution in [-0.2, 0) is 10.5 Å². The van der Waals surface area contributed by atoms with Crippen LogP contribution in [0, 0.1) is 0 Å². The molecule has 0 aromatic heterocycles. The molecule has 0 heterocycles. The number of alkyl halides is 3. The maximum absolute atomic E-state index is 11.8. The molecule has 1 aromatic carbocycles. The predicted molar refractivity (Wildman–Crippen MR) is 66.7 cm³/mol. The Morgan fingerprint density at radius 3 is 2.72 bits per heavy atom. The van der Waals surface area contributed by atoms with E-state index in [1.54, 1.807) is 18.2 Å². The topological polar surface area (TPSA) is 29.1 Å². The minimum atomic E-state index is -4.37. The Kier molecular flexibility index (Phi) is 5.81. The highest BCUT2D eigenvalue weighted by Gasteiger charge is 2.27. The Morgan fingerprint density at radius 1 is 1.39 bits per heavy atom. The summed E-state index contributed by atoms with van der Waals surface area (Å²) >= 11 is 7.01. The number of amides is 1. The highest BCUT2D eigenvalue weighted by Crippen LogP contribution is 2.16. The summed E-state index contributed by atoms with van der Waals surface area (Å²) in [6, 6.07) is 7.10. The lowest BCUT2D eigenvalue weighted by atomic mass is 10.2. The molecule has 2 nitrogen and oxygen atoms in total. The molecule has 1 rings (SSSR count). The van der Waals surface area contributed by atoms with Gasteiger partial charge in [-0.1, -0.05) is 23.7 Å². The molecule has 1 amide bonds. The lowest BCUT2D eigenvalue weighted by Crippen LogP contribution is -2.34. The minimum Gasteiger partial charge on any atom is -0.346 e. The first kappa shape index (κ1) is 15.2. The third kappa shape index (κ3) is 6.76. The quantitative estimate of drug-likeness (QED) is 0.904. The molecule has 100 valence electrons. The standard InChI is InChI=1S/C11H11ClF3NOS/c12-9-3-1-2-8(4-9)5-18-6-10(17)16-7-11(13,14)15/h1-4H,5-7H2,(H,16,17). The van der Waals surface area contributed by atoms with Crippen LogP contribution in [0.5, 0.6) is 0 Å². The van der Waals surface area contributed by atoms with Gasteiger partial charge >= 0.3 is 6.18 Å². The van der Waals surface area contributed by atoms with Crippen molar-refractivity contribution in [3.05, 3.63) is 34.9 Å². The first-order chi connectivity index (χ1) is 8.37. The van der Waals surface area contributed by atoms with E-state index in [2.05, 4.69) is 0 Å². The molecule has 0 fully saturated rings. The number of rotatable bonds is 5. The van der Waals surface area contributed by atoms with Gasteiger partial charge in [-0.25, -0.2) is 0 Å². The Morgan fingerprint density at radius 2 is 2.11 bits per heavy atom. The summed E-state index contributed by atoms with van der Waals surface area (Å²) in [5.41, 5.74) is 0.927. The van der Waals surface area contributed by atoms with E-state index in [1.165, 1.54) is 11.8 Å². The number of thioether (sulfide) groups is 1. The molecular formula is C11H11ClF3NOS. The van der Waals surface area contributed by atoms with Crippen LogP contribution < -0.4 is 5.32 Å². The monoisotopic (exact) mass is 297 g/mol. The fraction of sp³-hybridized carbons (Fsp3) is 0.364.